The molecule has 12 heavy (non-hydrogen) atoms. The molecule has 2 fully saturated rings. The van der Waals surface area contributed by atoms with Crippen LogP contribution in [0.4, 0.5) is 0 Å². The summed E-state index contributed by atoms with van der Waals surface area (Å²) in [5.41, 5.74) is -0.105. The predicted molar refractivity (Wildman–Crippen MR) is 41.9 cm³/mol. The van der Waals surface area contributed by atoms with Crippen molar-refractivity contribution < 1.29 is 14.6 Å². The molecule has 68 valence electrons. The Morgan fingerprint density at radius 3 is 3.08 bits per heavy atom. The van der Waals surface area contributed by atoms with Gasteiger partial charge in [-0.2, -0.15) is 0 Å². The van der Waals surface area contributed by atoms with Crippen molar-refractivity contribution in [3.8, 4) is 0 Å². The van der Waals surface area contributed by atoms with Crippen molar-refractivity contribution >= 4 is 5.97 Å². The molecule has 2 saturated heterocycles. The molecule has 2 aliphatic heterocycles. The Labute approximate surface area is 70.9 Å². The molecule has 4 heteroatoms. The number of ether oxygens (including phenoxy) is 1. The first-order valence-corrected chi connectivity index (χ1v) is 4.26. The zero-order valence-corrected chi connectivity index (χ0v) is 6.88. The summed E-state index contributed by atoms with van der Waals surface area (Å²) < 4.78 is 5.26. The van der Waals surface area contributed by atoms with Crippen molar-refractivity contribution in [2.75, 3.05) is 26.3 Å². The molecule has 0 saturated carbocycles. The Morgan fingerprint density at radius 1 is 1.67 bits per heavy atom. The molecular weight excluding hydrogens is 158 g/mol. The van der Waals surface area contributed by atoms with E-state index in [-0.39, 0.29) is 11.3 Å². The molecule has 0 aromatic rings. The molecule has 2 heterocycles. The van der Waals surface area contributed by atoms with Crippen LogP contribution in [0.15, 0.2) is 0 Å². The van der Waals surface area contributed by atoms with Gasteiger partial charge in [-0.25, -0.2) is 0 Å². The lowest BCUT2D eigenvalue weighted by Crippen LogP contribution is -2.35. The second kappa shape index (κ2) is 2.71. The number of nitrogens with one attached hydrogen (secondary N) is 1. The molecular formula is C8H13NO3. The maximum atomic E-state index is 10.9. The summed E-state index contributed by atoms with van der Waals surface area (Å²) in [6.07, 6.45) is 0.886. The first-order valence-electron chi connectivity index (χ1n) is 4.26. The van der Waals surface area contributed by atoms with Crippen molar-refractivity contribution in [3.63, 3.8) is 0 Å². The van der Waals surface area contributed by atoms with Gasteiger partial charge in [0, 0.05) is 25.1 Å². The monoisotopic (exact) mass is 171 g/mol. The van der Waals surface area contributed by atoms with E-state index in [1.54, 1.807) is 0 Å². The van der Waals surface area contributed by atoms with Gasteiger partial charge in [0.25, 0.3) is 0 Å². The van der Waals surface area contributed by atoms with Crippen LogP contribution in [0.2, 0.25) is 0 Å². The number of carboxylic acids is 1. The van der Waals surface area contributed by atoms with Gasteiger partial charge < -0.3 is 15.2 Å². The maximum Gasteiger partial charge on any atom is 0.308 e. The Balaban J connectivity index is 2.17. The summed E-state index contributed by atoms with van der Waals surface area (Å²) in [6.45, 7) is 2.71. The van der Waals surface area contributed by atoms with Gasteiger partial charge in [0.15, 0.2) is 0 Å². The number of hydrogen-bond acceptors (Lipinski definition) is 3. The maximum absolute atomic E-state index is 10.9. The standard InChI is InChI=1S/C8H13NO3/c10-7(11)6-3-9-4-8(6)1-2-12-5-8/h6,9H,1-5H2,(H,10,11)/t6-,8-/m0/s1. The molecule has 2 atom stereocenters. The Bertz CT molecular complexity index is 193. The van der Waals surface area contributed by atoms with Crippen LogP contribution in [0.3, 0.4) is 0 Å². The Kier molecular flexibility index (Phi) is 1.81. The predicted octanol–water partition coefficient (Wildman–Crippen LogP) is -0.303. The van der Waals surface area contributed by atoms with Crippen molar-refractivity contribution in [2.24, 2.45) is 11.3 Å². The van der Waals surface area contributed by atoms with Crippen LogP contribution in [0.5, 0.6) is 0 Å². The third-order valence-corrected chi connectivity index (χ3v) is 3.00. The topological polar surface area (TPSA) is 58.6 Å². The summed E-state index contributed by atoms with van der Waals surface area (Å²) in [7, 11) is 0. The van der Waals surface area contributed by atoms with Gasteiger partial charge in [-0.15, -0.1) is 0 Å². The number of rotatable bonds is 1. The average molecular weight is 171 g/mol. The minimum Gasteiger partial charge on any atom is -0.481 e. The lowest BCUT2D eigenvalue weighted by Gasteiger charge is -2.24. The fourth-order valence-electron chi connectivity index (χ4n) is 2.19. The summed E-state index contributed by atoms with van der Waals surface area (Å²) in [5.74, 6) is -0.939. The molecule has 0 unspecified atom stereocenters. The fraction of sp³-hybridized carbons (Fsp3) is 0.875. The Morgan fingerprint density at radius 2 is 2.50 bits per heavy atom. The first kappa shape index (κ1) is 8.01. The van der Waals surface area contributed by atoms with Crippen LogP contribution < -0.4 is 5.32 Å². The van der Waals surface area contributed by atoms with E-state index < -0.39 is 5.97 Å². The summed E-state index contributed by atoms with van der Waals surface area (Å²) >= 11 is 0. The molecule has 4 nitrogen and oxygen atoms in total. The minimum absolute atomic E-state index is 0.105. The largest absolute Gasteiger partial charge is 0.481 e. The molecule has 0 aromatic heterocycles. The van der Waals surface area contributed by atoms with E-state index in [4.69, 9.17) is 9.84 Å². The molecule has 0 aliphatic carbocycles. The highest BCUT2D eigenvalue weighted by atomic mass is 16.5. The molecule has 2 N–H and O–H groups in total. The van der Waals surface area contributed by atoms with Crippen LogP contribution in [-0.4, -0.2) is 37.4 Å². The van der Waals surface area contributed by atoms with Gasteiger partial charge in [0.05, 0.1) is 12.5 Å². The molecule has 0 radical (unpaired) electrons. The molecule has 1 spiro atoms. The molecule has 0 amide bonds. The van der Waals surface area contributed by atoms with Crippen molar-refractivity contribution in [1.82, 2.24) is 5.32 Å². The summed E-state index contributed by atoms with van der Waals surface area (Å²) in [5, 5.41) is 12.1. The highest BCUT2D eigenvalue weighted by molar-refractivity contribution is 5.72. The molecule has 2 rings (SSSR count). The Hall–Kier alpha value is -0.610. The van der Waals surface area contributed by atoms with Gasteiger partial charge in [-0.05, 0) is 6.42 Å². The van der Waals surface area contributed by atoms with E-state index >= 15 is 0 Å². The van der Waals surface area contributed by atoms with E-state index in [0.717, 1.165) is 13.0 Å². The van der Waals surface area contributed by atoms with Gasteiger partial charge in [0.1, 0.15) is 0 Å². The number of aliphatic carboxylic acids is 1. The van der Waals surface area contributed by atoms with Gasteiger partial charge >= 0.3 is 5.97 Å². The van der Waals surface area contributed by atoms with E-state index in [9.17, 15) is 4.79 Å². The van der Waals surface area contributed by atoms with Crippen molar-refractivity contribution in [3.05, 3.63) is 0 Å². The summed E-state index contributed by atoms with van der Waals surface area (Å²) in [4.78, 5) is 10.9. The van der Waals surface area contributed by atoms with Crippen LogP contribution in [0.1, 0.15) is 6.42 Å². The van der Waals surface area contributed by atoms with Gasteiger partial charge in [-0.3, -0.25) is 4.79 Å². The van der Waals surface area contributed by atoms with E-state index in [1.165, 1.54) is 0 Å². The van der Waals surface area contributed by atoms with Crippen molar-refractivity contribution in [2.45, 2.75) is 6.42 Å². The second-order valence-corrected chi connectivity index (χ2v) is 3.69. The van der Waals surface area contributed by atoms with Crippen LogP contribution in [0, 0.1) is 11.3 Å². The lowest BCUT2D eigenvalue weighted by molar-refractivity contribution is -0.144. The zero-order valence-electron chi connectivity index (χ0n) is 6.88. The zero-order chi connectivity index (χ0) is 8.60. The molecule has 0 aromatic carbocycles. The highest BCUT2D eigenvalue weighted by Crippen LogP contribution is 2.39. The number of hydrogen-bond donors (Lipinski definition) is 2. The normalized spacial score (nSPS) is 40.8. The second-order valence-electron chi connectivity index (χ2n) is 3.69. The average Bonchev–Trinajstić information content (AvgIpc) is 2.61. The van der Waals surface area contributed by atoms with Crippen LogP contribution in [-0.2, 0) is 9.53 Å². The van der Waals surface area contributed by atoms with Crippen LogP contribution in [0.25, 0.3) is 0 Å². The molecule has 2 aliphatic rings. The third kappa shape index (κ3) is 1.03. The highest BCUT2D eigenvalue weighted by Gasteiger charge is 2.49. The van der Waals surface area contributed by atoms with Crippen LogP contribution >= 0.6 is 0 Å². The first-order chi connectivity index (χ1) is 5.75. The number of carboxylic acid groups (broad SMARTS) is 1. The van der Waals surface area contributed by atoms with E-state index in [1.807, 2.05) is 0 Å². The lowest BCUT2D eigenvalue weighted by atomic mass is 9.77. The SMILES string of the molecule is O=C(O)[C@@H]1CNC[C@]12CCOC2. The van der Waals surface area contributed by atoms with E-state index in [2.05, 4.69) is 5.32 Å². The van der Waals surface area contributed by atoms with Gasteiger partial charge in [-0.1, -0.05) is 0 Å². The fourth-order valence-corrected chi connectivity index (χ4v) is 2.19. The minimum atomic E-state index is -0.689. The smallest absolute Gasteiger partial charge is 0.308 e. The summed E-state index contributed by atoms with van der Waals surface area (Å²) in [6, 6.07) is 0. The molecule has 0 bridgehead atoms. The quantitative estimate of drug-likeness (QED) is 0.568. The van der Waals surface area contributed by atoms with Gasteiger partial charge in [0.2, 0.25) is 0 Å². The number of carbonyl (C=O) groups is 1. The van der Waals surface area contributed by atoms with Crippen molar-refractivity contribution in [1.29, 1.82) is 0 Å². The third-order valence-electron chi connectivity index (χ3n) is 3.00. The van der Waals surface area contributed by atoms with E-state index in [0.29, 0.717) is 19.8 Å².